The minimum absolute atomic E-state index is 0.0223. The van der Waals surface area contributed by atoms with Gasteiger partial charge in [-0.3, -0.25) is 4.79 Å². The number of carbonyl (C=O) groups is 1. The lowest BCUT2D eigenvalue weighted by Crippen LogP contribution is -2.17. The van der Waals surface area contributed by atoms with E-state index in [1.165, 1.54) is 13.3 Å². The van der Waals surface area contributed by atoms with E-state index in [-0.39, 0.29) is 29.0 Å². The molecule has 41 heavy (non-hydrogen) atoms. The molecule has 1 amide bonds. The van der Waals surface area contributed by atoms with Crippen LogP contribution in [0.5, 0.6) is 23.4 Å². The molecule has 0 atom stereocenters. The van der Waals surface area contributed by atoms with Crippen molar-refractivity contribution in [3.63, 3.8) is 0 Å². The third kappa shape index (κ3) is 6.04. The minimum Gasteiger partial charge on any atom is -0.495 e. The number of carbonyl (C=O) groups excluding carboxylic acids is 1. The molecule has 0 radical (unpaired) electrons. The predicted molar refractivity (Wildman–Crippen MR) is 144 cm³/mol. The number of benzene rings is 2. The summed E-state index contributed by atoms with van der Waals surface area (Å²) in [6, 6.07) is 10.2. The van der Waals surface area contributed by atoms with Crippen LogP contribution in [0.3, 0.4) is 0 Å². The average Bonchev–Trinajstić information content (AvgIpc) is 3.57. The Balaban J connectivity index is 1.38. The van der Waals surface area contributed by atoms with Crippen molar-refractivity contribution in [1.29, 1.82) is 0 Å². The summed E-state index contributed by atoms with van der Waals surface area (Å²) in [5.74, 6) is -0.0941. The smallest absolute Gasteiger partial charge is 0.417 e. The average molecular weight is 587 g/mol. The van der Waals surface area contributed by atoms with Gasteiger partial charge in [0.2, 0.25) is 5.88 Å². The van der Waals surface area contributed by atoms with Gasteiger partial charge in [0.1, 0.15) is 18.1 Å². The van der Waals surface area contributed by atoms with Crippen molar-refractivity contribution in [2.45, 2.75) is 12.7 Å². The van der Waals surface area contributed by atoms with Crippen molar-refractivity contribution in [3.05, 3.63) is 83.7 Å². The van der Waals surface area contributed by atoms with Crippen LogP contribution in [0.2, 0.25) is 5.02 Å². The zero-order valence-electron chi connectivity index (χ0n) is 21.6. The van der Waals surface area contributed by atoms with Gasteiger partial charge >= 0.3 is 12.2 Å². The van der Waals surface area contributed by atoms with E-state index in [9.17, 15) is 18.0 Å². The van der Waals surface area contributed by atoms with Crippen molar-refractivity contribution in [1.82, 2.24) is 24.1 Å². The van der Waals surface area contributed by atoms with E-state index in [1.807, 2.05) is 10.8 Å². The summed E-state index contributed by atoms with van der Waals surface area (Å²) in [6.07, 6.45) is 1.92. The third-order valence-corrected chi connectivity index (χ3v) is 6.37. The zero-order valence-corrected chi connectivity index (χ0v) is 22.4. The van der Waals surface area contributed by atoms with Crippen LogP contribution in [0.1, 0.15) is 16.1 Å². The number of para-hydroxylation sites is 1. The SMILES string of the molecule is COc1cc(Cl)c(C(F)(F)F)cc1NC(=O)c1cc2cccc(Oc3ccnc(OCCn4ccnc4)n3)c2n1C. The molecule has 0 spiro atoms. The van der Waals surface area contributed by atoms with E-state index in [0.717, 1.165) is 12.1 Å². The summed E-state index contributed by atoms with van der Waals surface area (Å²) in [7, 11) is 2.90. The van der Waals surface area contributed by atoms with E-state index < -0.39 is 22.7 Å². The summed E-state index contributed by atoms with van der Waals surface area (Å²) in [4.78, 5) is 25.6. The van der Waals surface area contributed by atoms with Crippen LogP contribution >= 0.6 is 11.6 Å². The first-order valence-corrected chi connectivity index (χ1v) is 12.5. The number of hydrogen-bond donors (Lipinski definition) is 1. The van der Waals surface area contributed by atoms with Crippen LogP contribution < -0.4 is 19.5 Å². The highest BCUT2D eigenvalue weighted by atomic mass is 35.5. The fourth-order valence-electron chi connectivity index (χ4n) is 4.13. The highest BCUT2D eigenvalue weighted by molar-refractivity contribution is 6.31. The Morgan fingerprint density at radius 2 is 1.95 bits per heavy atom. The molecule has 3 aromatic heterocycles. The summed E-state index contributed by atoms with van der Waals surface area (Å²) < 4.78 is 60.5. The molecular formula is C27H22ClF3N6O4. The van der Waals surface area contributed by atoms with Gasteiger partial charge in [0, 0.05) is 43.2 Å². The topological polar surface area (TPSA) is 105 Å². The lowest BCUT2D eigenvalue weighted by molar-refractivity contribution is -0.137. The van der Waals surface area contributed by atoms with Gasteiger partial charge in [-0.1, -0.05) is 23.7 Å². The third-order valence-electron chi connectivity index (χ3n) is 6.06. The van der Waals surface area contributed by atoms with Crippen LogP contribution in [0, 0.1) is 0 Å². The Hall–Kier alpha value is -4.78. The van der Waals surface area contributed by atoms with E-state index >= 15 is 0 Å². The maximum atomic E-state index is 13.4. The molecule has 0 aliphatic rings. The molecule has 5 rings (SSSR count). The molecular weight excluding hydrogens is 565 g/mol. The highest BCUT2D eigenvalue weighted by Crippen LogP contribution is 2.40. The Morgan fingerprint density at radius 3 is 2.68 bits per heavy atom. The van der Waals surface area contributed by atoms with E-state index in [4.69, 9.17) is 25.8 Å². The maximum Gasteiger partial charge on any atom is 0.417 e. The summed E-state index contributed by atoms with van der Waals surface area (Å²) in [5.41, 5.74) is -0.568. The lowest BCUT2D eigenvalue weighted by Gasteiger charge is -2.15. The molecule has 0 aliphatic heterocycles. The summed E-state index contributed by atoms with van der Waals surface area (Å²) in [6.45, 7) is 0.871. The molecule has 0 aliphatic carbocycles. The first-order valence-electron chi connectivity index (χ1n) is 12.1. The highest BCUT2D eigenvalue weighted by Gasteiger charge is 2.34. The first kappa shape index (κ1) is 27.8. The Bertz CT molecular complexity index is 1710. The molecule has 3 heterocycles. The number of rotatable bonds is 9. The molecule has 212 valence electrons. The van der Waals surface area contributed by atoms with Gasteiger partial charge < -0.3 is 28.7 Å². The van der Waals surface area contributed by atoms with Crippen molar-refractivity contribution < 1.29 is 32.2 Å². The number of nitrogens with one attached hydrogen (secondary N) is 1. The second-order valence-corrected chi connectivity index (χ2v) is 9.10. The molecule has 10 nitrogen and oxygen atoms in total. The van der Waals surface area contributed by atoms with Crippen molar-refractivity contribution in [2.24, 2.45) is 7.05 Å². The second-order valence-electron chi connectivity index (χ2n) is 8.70. The Labute approximate surface area is 236 Å². The largest absolute Gasteiger partial charge is 0.495 e. The van der Waals surface area contributed by atoms with Crippen LogP contribution in [0.4, 0.5) is 18.9 Å². The molecule has 1 N–H and O–H groups in total. The number of fused-ring (bicyclic) bond motifs is 1. The molecule has 0 fully saturated rings. The van der Waals surface area contributed by atoms with Crippen LogP contribution in [-0.4, -0.2) is 43.7 Å². The number of nitrogens with zero attached hydrogens (tertiary/aromatic N) is 5. The number of halogens is 4. The molecule has 0 bridgehead atoms. The van der Waals surface area contributed by atoms with Gasteiger partial charge in [-0.15, -0.1) is 0 Å². The van der Waals surface area contributed by atoms with Gasteiger partial charge in [-0.05, 0) is 18.2 Å². The number of aryl methyl sites for hydroxylation is 1. The Kier molecular flexibility index (Phi) is 7.70. The number of aromatic nitrogens is 5. The van der Waals surface area contributed by atoms with E-state index in [2.05, 4.69) is 20.3 Å². The monoisotopic (exact) mass is 586 g/mol. The summed E-state index contributed by atoms with van der Waals surface area (Å²) in [5, 5.41) is 2.61. The number of alkyl halides is 3. The standard InChI is InChI=1S/C27H22ClF3N6O4/c1-36-20(25(38)34-19-13-17(27(29,30)31)18(28)14-22(19)39-2)12-16-4-3-5-21(24(16)36)41-23-6-7-33-26(35-23)40-11-10-37-9-8-32-15-37/h3-9,12-15H,10-11H2,1-2H3,(H,34,38). The quantitative estimate of drug-likeness (QED) is 0.227. The van der Waals surface area contributed by atoms with Crippen LogP contribution in [0.15, 0.2) is 67.4 Å². The molecule has 0 saturated carbocycles. The minimum atomic E-state index is -4.72. The van der Waals surface area contributed by atoms with Crippen molar-refractivity contribution >= 4 is 34.1 Å². The fourth-order valence-corrected chi connectivity index (χ4v) is 4.39. The fraction of sp³-hybridized carbons (Fsp3) is 0.185. The van der Waals surface area contributed by atoms with E-state index in [1.54, 1.807) is 54.5 Å². The van der Waals surface area contributed by atoms with E-state index in [0.29, 0.717) is 29.8 Å². The number of imidazole rings is 1. The van der Waals surface area contributed by atoms with Crippen LogP contribution in [0.25, 0.3) is 10.9 Å². The second kappa shape index (κ2) is 11.4. The molecule has 14 heteroatoms. The van der Waals surface area contributed by atoms with Gasteiger partial charge in [0.25, 0.3) is 5.91 Å². The lowest BCUT2D eigenvalue weighted by atomic mass is 10.1. The van der Waals surface area contributed by atoms with Gasteiger partial charge in [0.05, 0.1) is 41.8 Å². The molecule has 5 aromatic rings. The summed E-state index contributed by atoms with van der Waals surface area (Å²) >= 11 is 5.79. The number of amides is 1. The van der Waals surface area contributed by atoms with Crippen molar-refractivity contribution in [3.8, 4) is 23.4 Å². The van der Waals surface area contributed by atoms with Gasteiger partial charge in [-0.25, -0.2) is 9.97 Å². The zero-order chi connectivity index (χ0) is 29.1. The van der Waals surface area contributed by atoms with Crippen LogP contribution in [-0.2, 0) is 19.8 Å². The first-order chi connectivity index (χ1) is 19.6. The number of anilines is 1. The number of methoxy groups -OCH3 is 1. The Morgan fingerprint density at radius 1 is 1.12 bits per heavy atom. The molecule has 0 unspecified atom stereocenters. The molecule has 2 aromatic carbocycles. The van der Waals surface area contributed by atoms with Gasteiger partial charge in [0.15, 0.2) is 5.75 Å². The van der Waals surface area contributed by atoms with Crippen molar-refractivity contribution in [2.75, 3.05) is 19.0 Å². The maximum absolute atomic E-state index is 13.4. The predicted octanol–water partition coefficient (Wildman–Crippen LogP) is 5.97. The number of hydrogen-bond acceptors (Lipinski definition) is 7. The molecule has 0 saturated heterocycles. The normalized spacial score (nSPS) is 11.5. The van der Waals surface area contributed by atoms with Gasteiger partial charge in [-0.2, -0.15) is 18.2 Å². The number of ether oxygens (including phenoxy) is 3.